The summed E-state index contributed by atoms with van der Waals surface area (Å²) >= 11 is 3.40. The van der Waals surface area contributed by atoms with E-state index >= 15 is 0 Å². The van der Waals surface area contributed by atoms with E-state index in [2.05, 4.69) is 48.7 Å². The molecule has 0 aliphatic rings. The zero-order valence-electron chi connectivity index (χ0n) is 10.7. The van der Waals surface area contributed by atoms with Crippen molar-refractivity contribution in [1.82, 2.24) is 15.2 Å². The SMILES string of the molecule is CCCCNc1cnnc(Nc2ccc(Br)cc2)n1. The zero-order valence-corrected chi connectivity index (χ0v) is 12.3. The first-order chi connectivity index (χ1) is 9.28. The van der Waals surface area contributed by atoms with Gasteiger partial charge in [-0.05, 0) is 30.7 Å². The summed E-state index contributed by atoms with van der Waals surface area (Å²) in [6.45, 7) is 3.05. The van der Waals surface area contributed by atoms with Gasteiger partial charge in [-0.2, -0.15) is 10.1 Å². The number of aromatic nitrogens is 3. The highest BCUT2D eigenvalue weighted by molar-refractivity contribution is 9.10. The van der Waals surface area contributed by atoms with Crippen LogP contribution in [0.25, 0.3) is 0 Å². The number of nitrogens with one attached hydrogen (secondary N) is 2. The molecule has 0 saturated heterocycles. The van der Waals surface area contributed by atoms with Crippen LogP contribution in [0, 0.1) is 0 Å². The predicted molar refractivity (Wildman–Crippen MR) is 80.6 cm³/mol. The van der Waals surface area contributed by atoms with E-state index in [4.69, 9.17) is 0 Å². The first kappa shape index (κ1) is 13.7. The monoisotopic (exact) mass is 321 g/mol. The minimum atomic E-state index is 0.490. The fourth-order valence-corrected chi connectivity index (χ4v) is 1.76. The summed E-state index contributed by atoms with van der Waals surface area (Å²) in [5.74, 6) is 1.23. The molecule has 5 nitrogen and oxygen atoms in total. The standard InChI is InChI=1S/C13H16BrN5/c1-2-3-8-15-12-9-16-19-13(18-12)17-11-6-4-10(14)5-7-11/h4-7,9H,2-3,8H2,1H3,(H2,15,17,18,19). The fraction of sp³-hybridized carbons (Fsp3) is 0.308. The average Bonchev–Trinajstić information content (AvgIpc) is 2.42. The van der Waals surface area contributed by atoms with E-state index in [9.17, 15) is 0 Å². The van der Waals surface area contributed by atoms with E-state index in [0.29, 0.717) is 5.95 Å². The molecule has 0 atom stereocenters. The molecule has 0 aliphatic carbocycles. The van der Waals surface area contributed by atoms with Crippen LogP contribution in [-0.4, -0.2) is 21.7 Å². The third-order valence-electron chi connectivity index (χ3n) is 2.50. The van der Waals surface area contributed by atoms with Crippen LogP contribution in [-0.2, 0) is 0 Å². The van der Waals surface area contributed by atoms with Crippen LogP contribution < -0.4 is 10.6 Å². The molecule has 0 saturated carbocycles. The van der Waals surface area contributed by atoms with Crippen LogP contribution >= 0.6 is 15.9 Å². The highest BCUT2D eigenvalue weighted by atomic mass is 79.9. The van der Waals surface area contributed by atoms with Crippen LogP contribution in [0.15, 0.2) is 34.9 Å². The molecule has 0 spiro atoms. The Kier molecular flexibility index (Phi) is 5.09. The van der Waals surface area contributed by atoms with E-state index in [0.717, 1.165) is 35.4 Å². The predicted octanol–water partition coefficient (Wildman–Crippen LogP) is 3.59. The molecule has 0 unspecified atom stereocenters. The lowest BCUT2D eigenvalue weighted by atomic mass is 10.3. The maximum absolute atomic E-state index is 4.35. The Morgan fingerprint density at radius 3 is 2.74 bits per heavy atom. The number of nitrogens with zero attached hydrogens (tertiary/aromatic N) is 3. The van der Waals surface area contributed by atoms with Crippen LogP contribution in [0.1, 0.15) is 19.8 Å². The largest absolute Gasteiger partial charge is 0.369 e. The molecule has 1 aromatic heterocycles. The van der Waals surface area contributed by atoms with Gasteiger partial charge in [0.15, 0.2) is 5.82 Å². The van der Waals surface area contributed by atoms with Gasteiger partial charge in [0.05, 0.1) is 6.20 Å². The number of unbranched alkanes of at least 4 members (excludes halogenated alkanes) is 1. The van der Waals surface area contributed by atoms with Gasteiger partial charge in [0.25, 0.3) is 0 Å². The lowest BCUT2D eigenvalue weighted by Crippen LogP contribution is -2.06. The molecule has 0 aliphatic heterocycles. The van der Waals surface area contributed by atoms with Gasteiger partial charge >= 0.3 is 0 Å². The normalized spacial score (nSPS) is 10.2. The number of anilines is 3. The van der Waals surface area contributed by atoms with E-state index in [1.54, 1.807) is 6.20 Å². The highest BCUT2D eigenvalue weighted by Gasteiger charge is 2.00. The van der Waals surface area contributed by atoms with Crippen molar-refractivity contribution in [1.29, 1.82) is 0 Å². The van der Waals surface area contributed by atoms with Crippen molar-refractivity contribution in [3.63, 3.8) is 0 Å². The second-order valence-electron chi connectivity index (χ2n) is 4.08. The lowest BCUT2D eigenvalue weighted by molar-refractivity contribution is 0.827. The smallest absolute Gasteiger partial charge is 0.249 e. The number of rotatable bonds is 6. The van der Waals surface area contributed by atoms with Crippen LogP contribution in [0.5, 0.6) is 0 Å². The van der Waals surface area contributed by atoms with Crippen molar-refractivity contribution in [3.05, 3.63) is 34.9 Å². The Morgan fingerprint density at radius 1 is 1.21 bits per heavy atom. The summed E-state index contributed by atoms with van der Waals surface area (Å²) in [5.41, 5.74) is 0.927. The van der Waals surface area contributed by atoms with Crippen molar-refractivity contribution in [2.75, 3.05) is 17.2 Å². The molecule has 6 heteroatoms. The Balaban J connectivity index is 2.00. The molecule has 1 aromatic carbocycles. The van der Waals surface area contributed by atoms with Gasteiger partial charge in [-0.1, -0.05) is 29.3 Å². The molecule has 100 valence electrons. The first-order valence-corrected chi connectivity index (χ1v) is 7.03. The third-order valence-corrected chi connectivity index (χ3v) is 3.02. The number of halogens is 1. The Labute approximate surface area is 121 Å². The average molecular weight is 322 g/mol. The second-order valence-corrected chi connectivity index (χ2v) is 4.99. The first-order valence-electron chi connectivity index (χ1n) is 6.24. The van der Waals surface area contributed by atoms with Crippen LogP contribution in [0.4, 0.5) is 17.5 Å². The van der Waals surface area contributed by atoms with Gasteiger partial charge in [-0.3, -0.25) is 0 Å². The van der Waals surface area contributed by atoms with Gasteiger partial charge in [0.2, 0.25) is 5.95 Å². The zero-order chi connectivity index (χ0) is 13.5. The number of hydrogen-bond donors (Lipinski definition) is 2. The molecule has 0 radical (unpaired) electrons. The minimum absolute atomic E-state index is 0.490. The maximum Gasteiger partial charge on any atom is 0.249 e. The van der Waals surface area contributed by atoms with Crippen molar-refractivity contribution >= 4 is 33.4 Å². The van der Waals surface area contributed by atoms with Crippen molar-refractivity contribution in [2.24, 2.45) is 0 Å². The molecular weight excluding hydrogens is 306 g/mol. The van der Waals surface area contributed by atoms with Gasteiger partial charge in [-0.15, -0.1) is 5.10 Å². The summed E-state index contributed by atoms with van der Waals surface area (Å²) in [5, 5.41) is 14.2. The molecule has 0 fully saturated rings. The van der Waals surface area contributed by atoms with E-state index < -0.39 is 0 Å². The second kappa shape index (κ2) is 7.04. The summed E-state index contributed by atoms with van der Waals surface area (Å²) < 4.78 is 1.03. The van der Waals surface area contributed by atoms with Crippen molar-refractivity contribution in [2.45, 2.75) is 19.8 Å². The van der Waals surface area contributed by atoms with Crippen LogP contribution in [0.2, 0.25) is 0 Å². The number of hydrogen-bond acceptors (Lipinski definition) is 5. The molecule has 19 heavy (non-hydrogen) atoms. The van der Waals surface area contributed by atoms with Gasteiger partial charge in [0, 0.05) is 16.7 Å². The lowest BCUT2D eigenvalue weighted by Gasteiger charge is -2.07. The topological polar surface area (TPSA) is 62.7 Å². The quantitative estimate of drug-likeness (QED) is 0.796. The van der Waals surface area contributed by atoms with E-state index in [1.165, 1.54) is 0 Å². The minimum Gasteiger partial charge on any atom is -0.369 e. The highest BCUT2D eigenvalue weighted by Crippen LogP contribution is 2.17. The van der Waals surface area contributed by atoms with Gasteiger partial charge in [0.1, 0.15) is 0 Å². The Morgan fingerprint density at radius 2 is 2.00 bits per heavy atom. The molecule has 0 bridgehead atoms. The van der Waals surface area contributed by atoms with E-state index in [1.807, 2.05) is 24.3 Å². The third kappa shape index (κ3) is 4.48. The molecule has 2 rings (SSSR count). The fourth-order valence-electron chi connectivity index (χ4n) is 1.50. The summed E-state index contributed by atoms with van der Waals surface area (Å²) in [6, 6.07) is 7.81. The molecule has 1 heterocycles. The van der Waals surface area contributed by atoms with Crippen molar-refractivity contribution < 1.29 is 0 Å². The molecule has 2 aromatic rings. The summed E-state index contributed by atoms with van der Waals surface area (Å²) in [6.07, 6.45) is 3.89. The molecule has 0 amide bonds. The van der Waals surface area contributed by atoms with E-state index in [-0.39, 0.29) is 0 Å². The van der Waals surface area contributed by atoms with Gasteiger partial charge in [-0.25, -0.2) is 0 Å². The van der Waals surface area contributed by atoms with Crippen LogP contribution in [0.3, 0.4) is 0 Å². The molecular formula is C13H16BrN5. The molecule has 2 N–H and O–H groups in total. The maximum atomic E-state index is 4.35. The Bertz CT molecular complexity index is 515. The summed E-state index contributed by atoms with van der Waals surface area (Å²) in [4.78, 5) is 4.35. The van der Waals surface area contributed by atoms with Gasteiger partial charge < -0.3 is 10.6 Å². The number of benzene rings is 1. The van der Waals surface area contributed by atoms with Crippen molar-refractivity contribution in [3.8, 4) is 0 Å². The summed E-state index contributed by atoms with van der Waals surface area (Å²) in [7, 11) is 0. The Hall–Kier alpha value is -1.69.